The van der Waals surface area contributed by atoms with Gasteiger partial charge in [-0.3, -0.25) is 0 Å². The van der Waals surface area contributed by atoms with Crippen LogP contribution in [-0.2, 0) is 16.8 Å². The Morgan fingerprint density at radius 2 is 1.60 bits per heavy atom. The molecule has 0 aliphatic heterocycles. The third-order valence-corrected chi connectivity index (χ3v) is 0. The van der Waals surface area contributed by atoms with Crippen molar-refractivity contribution in [2.45, 2.75) is 0 Å². The molecule has 0 saturated heterocycles. The molecule has 25 valence electrons. The summed E-state index contributed by atoms with van der Waals surface area (Å²) in [4.78, 5) is 8.00. The van der Waals surface area contributed by atoms with Crippen LogP contribution in [0.15, 0.2) is 5.34 Å². The van der Waals surface area contributed by atoms with E-state index in [1.54, 1.807) is 0 Å². The summed E-state index contributed by atoms with van der Waals surface area (Å²) in [5.74, 6) is 0. The minimum absolute atomic E-state index is 0. The van der Waals surface area contributed by atoms with Crippen LogP contribution in [0.1, 0.15) is 0 Å². The third kappa shape index (κ3) is 50.4. The van der Waals surface area contributed by atoms with Crippen LogP contribution in [0.25, 0.3) is 0 Å². The molecule has 5 heavy (non-hydrogen) atoms. The van der Waals surface area contributed by atoms with Gasteiger partial charge in [0.25, 0.3) is 0 Å². The van der Waals surface area contributed by atoms with E-state index >= 15 is 0 Å². The molecule has 0 bridgehead atoms. The van der Waals surface area contributed by atoms with Crippen LogP contribution in [0.5, 0.6) is 0 Å². The molecule has 0 heterocycles. The van der Waals surface area contributed by atoms with E-state index in [1.807, 2.05) is 0 Å². The van der Waals surface area contributed by atoms with Gasteiger partial charge in [-0.05, 0) is 0 Å². The minimum atomic E-state index is 0. The molecule has 0 fully saturated rings. The first-order valence-electron chi connectivity index (χ1n) is 0.365. The molecule has 0 N–H and O–H groups in total. The van der Waals surface area contributed by atoms with Crippen LogP contribution in [0, 0.1) is 10.1 Å². The molecule has 0 aromatic rings. The van der Waals surface area contributed by atoms with Crippen molar-refractivity contribution in [2.24, 2.45) is 5.34 Å². The first kappa shape index (κ1) is 16.8. The largest absolute Gasteiger partial charge is 2.00 e. The Kier molecular flexibility index (Phi) is 69.3. The van der Waals surface area contributed by atoms with Crippen molar-refractivity contribution >= 4 is 0 Å². The number of rotatable bonds is 0. The Balaban J connectivity index is -0.0000000200. The van der Waals surface area contributed by atoms with Crippen molar-refractivity contribution in [1.29, 1.82) is 0 Å². The molecule has 0 spiro atoms. The quantitative estimate of drug-likeness (QED) is 0.202. The van der Waals surface area contributed by atoms with Crippen molar-refractivity contribution in [1.82, 2.24) is 0 Å². The van der Waals surface area contributed by atoms with Crippen LogP contribution in [-0.4, -0.2) is 0 Å². The molecule has 5 heteroatoms. The van der Waals surface area contributed by atoms with E-state index in [0.717, 1.165) is 5.34 Å². The van der Waals surface area contributed by atoms with Gasteiger partial charge in [0.15, 0.2) is 0 Å². The Hall–Kier alpha value is 0.906. The Morgan fingerprint density at radius 1 is 1.60 bits per heavy atom. The van der Waals surface area contributed by atoms with Gasteiger partial charge in [0, 0.05) is 0 Å². The van der Waals surface area contributed by atoms with Gasteiger partial charge in [0.05, 0.1) is 0 Å². The normalized spacial score (nSPS) is 2.40. The number of hydrogen-bond acceptors (Lipinski definition) is 3. The Bertz CT molecular complexity index is 17.1. The van der Waals surface area contributed by atoms with Crippen molar-refractivity contribution in [3.05, 3.63) is 10.1 Å². The second kappa shape index (κ2) is 20.6. The summed E-state index contributed by atoms with van der Waals surface area (Å²) in [6, 6.07) is 0. The summed E-state index contributed by atoms with van der Waals surface area (Å²) >= 11 is 0. The van der Waals surface area contributed by atoms with E-state index in [-0.39, 0.29) is 46.3 Å². The predicted octanol–water partition coefficient (Wildman–Crippen LogP) is -2.75. The van der Waals surface area contributed by atoms with Crippen LogP contribution in [0.3, 0.4) is 0 Å². The molecule has 0 amide bonds. The fraction of sp³-hybridized carbons (Fsp3) is 0. The summed E-state index contributed by atoms with van der Waals surface area (Å²) in [5.41, 5.74) is 0. The van der Waals surface area contributed by atoms with Crippen molar-refractivity contribution in [2.75, 3.05) is 0 Å². The molecule has 0 aromatic heterocycles. The molecule has 0 rings (SSSR count). The molecular weight excluding hydrogens is 128 g/mol. The average molecular weight is 128 g/mol. The van der Waals surface area contributed by atoms with Gasteiger partial charge in [0.2, 0.25) is 0 Å². The smallest absolute Gasteiger partial charge is 0.444 e. The predicted molar refractivity (Wildman–Crippen MR) is 9.16 cm³/mol. The van der Waals surface area contributed by atoms with E-state index in [4.69, 9.17) is 10.1 Å². The van der Waals surface area contributed by atoms with Gasteiger partial charge < -0.3 is 10.1 Å². The zero-order valence-electron chi connectivity index (χ0n) is 2.60. The molecule has 1 radical (unpaired) electrons. The molecule has 0 unspecified atom stereocenters. The van der Waals surface area contributed by atoms with E-state index in [9.17, 15) is 0 Å². The van der Waals surface area contributed by atoms with Crippen molar-refractivity contribution in [3.8, 4) is 0 Å². The van der Waals surface area contributed by atoms with E-state index in [1.165, 1.54) is 0 Å². The Morgan fingerprint density at radius 3 is 1.60 bits per heavy atom. The van der Waals surface area contributed by atoms with Crippen molar-refractivity contribution < 1.29 is 46.3 Å². The summed E-state index contributed by atoms with van der Waals surface area (Å²) < 4.78 is 0. The zero-order valence-corrected chi connectivity index (χ0v) is 5.64. The first-order valence-corrected chi connectivity index (χ1v) is 0.365. The average Bonchev–Trinajstić information content (AvgIpc) is 0.918. The number of nitrogens with zero attached hydrogens (tertiary/aromatic N) is 1. The standard InChI is InChI=1S/Co.HNO2.Na/c;2-1-3;/h;(H,2,3);/q+2;;+1/p-1. The monoisotopic (exact) mass is 128 g/mol. The van der Waals surface area contributed by atoms with Crippen LogP contribution >= 0.6 is 0 Å². The molecule has 0 saturated carbocycles. The van der Waals surface area contributed by atoms with Crippen LogP contribution < -0.4 is 29.6 Å². The maximum absolute atomic E-state index is 8.00. The van der Waals surface area contributed by atoms with Gasteiger partial charge in [-0.2, -0.15) is 0 Å². The zero-order chi connectivity index (χ0) is 2.71. The molecule has 0 atom stereocenters. The molecule has 0 aliphatic rings. The van der Waals surface area contributed by atoms with Crippen LogP contribution in [0.2, 0.25) is 0 Å². The molecule has 0 aliphatic carbocycles. The second-order valence-electron chi connectivity index (χ2n) is 0.0745. The molecule has 3 nitrogen and oxygen atoms in total. The maximum Gasteiger partial charge on any atom is 2.00 e. The first-order chi connectivity index (χ1) is 1.41. The van der Waals surface area contributed by atoms with E-state index in [0.29, 0.717) is 0 Å². The fourth-order valence-electron chi connectivity index (χ4n) is 0. The van der Waals surface area contributed by atoms with Crippen LogP contribution in [0.4, 0.5) is 0 Å². The van der Waals surface area contributed by atoms with Crippen molar-refractivity contribution in [3.63, 3.8) is 0 Å². The van der Waals surface area contributed by atoms with Gasteiger partial charge >= 0.3 is 46.3 Å². The fourth-order valence-corrected chi connectivity index (χ4v) is 0. The Labute approximate surface area is 61.6 Å². The van der Waals surface area contributed by atoms with E-state index in [2.05, 4.69) is 0 Å². The number of hydrogen-bond donors (Lipinski definition) is 0. The van der Waals surface area contributed by atoms with E-state index < -0.39 is 0 Å². The third-order valence-electron chi connectivity index (χ3n) is 0. The van der Waals surface area contributed by atoms with Gasteiger partial charge in [-0.15, -0.1) is 5.34 Å². The minimum Gasteiger partial charge on any atom is -0.444 e. The topological polar surface area (TPSA) is 52.5 Å². The summed E-state index contributed by atoms with van der Waals surface area (Å²) in [6.45, 7) is 0. The summed E-state index contributed by atoms with van der Waals surface area (Å²) in [5, 5.41) is 9.00. The molecular formula is CoNNaO2+2. The second-order valence-corrected chi connectivity index (χ2v) is 0.0745. The summed E-state index contributed by atoms with van der Waals surface area (Å²) in [6.07, 6.45) is 0. The van der Waals surface area contributed by atoms with Gasteiger partial charge in [0.1, 0.15) is 0 Å². The maximum atomic E-state index is 8.00. The van der Waals surface area contributed by atoms with Gasteiger partial charge in [-0.25, -0.2) is 0 Å². The molecule has 0 aromatic carbocycles. The summed E-state index contributed by atoms with van der Waals surface area (Å²) in [7, 11) is 0. The SMILES string of the molecule is O=N[O-].[Co+2].[Na+]. The van der Waals surface area contributed by atoms with Gasteiger partial charge in [-0.1, -0.05) is 0 Å².